The number of piperazine rings is 1. The summed E-state index contributed by atoms with van der Waals surface area (Å²) < 4.78 is 10.9. The number of aromatic nitrogens is 2. The van der Waals surface area contributed by atoms with Gasteiger partial charge < -0.3 is 19.1 Å². The lowest BCUT2D eigenvalue weighted by atomic mass is 10.0. The Morgan fingerprint density at radius 3 is 2.52 bits per heavy atom. The number of hydrogen-bond donors (Lipinski definition) is 0. The molecular formula is C23H24N4O4. The Bertz CT molecular complexity index is 1110. The van der Waals surface area contributed by atoms with E-state index in [0.29, 0.717) is 60.8 Å². The zero-order valence-corrected chi connectivity index (χ0v) is 17.4. The molecule has 4 heterocycles. The van der Waals surface area contributed by atoms with Crippen LogP contribution in [-0.4, -0.2) is 70.6 Å². The average molecular weight is 420 g/mol. The van der Waals surface area contributed by atoms with Gasteiger partial charge in [0.15, 0.2) is 0 Å². The minimum Gasteiger partial charge on any atom is -0.368 e. The highest BCUT2D eigenvalue weighted by Gasteiger charge is 2.32. The van der Waals surface area contributed by atoms with Crippen molar-refractivity contribution in [3.8, 4) is 11.3 Å². The Morgan fingerprint density at radius 2 is 1.81 bits per heavy atom. The monoisotopic (exact) mass is 420 g/mol. The lowest BCUT2D eigenvalue weighted by molar-refractivity contribution is -0.142. The van der Waals surface area contributed by atoms with Crippen molar-refractivity contribution >= 4 is 22.9 Å². The molecule has 0 bridgehead atoms. The standard InChI is InChI=1S/C23H24N4O4/c1-15-20-17(14-18(24-21(20)31-25-15)16-6-3-2-4-7-16)22(28)26-9-11-27(12-10-26)23(29)19-8-5-13-30-19/h2-4,6-7,14,19H,5,8-13H2,1H3. The Labute approximate surface area is 179 Å². The molecule has 1 unspecified atom stereocenters. The quantitative estimate of drug-likeness (QED) is 0.647. The van der Waals surface area contributed by atoms with Gasteiger partial charge in [0.2, 0.25) is 0 Å². The Morgan fingerprint density at radius 1 is 1.06 bits per heavy atom. The number of benzene rings is 1. The third-order valence-electron chi connectivity index (χ3n) is 6.00. The van der Waals surface area contributed by atoms with Gasteiger partial charge in [-0.05, 0) is 25.8 Å². The van der Waals surface area contributed by atoms with Crippen LogP contribution in [0.15, 0.2) is 40.9 Å². The number of hydrogen-bond acceptors (Lipinski definition) is 6. The second-order valence-electron chi connectivity index (χ2n) is 7.99. The highest BCUT2D eigenvalue weighted by atomic mass is 16.5. The van der Waals surface area contributed by atoms with Gasteiger partial charge in [-0.3, -0.25) is 9.59 Å². The van der Waals surface area contributed by atoms with Crippen LogP contribution in [0.25, 0.3) is 22.4 Å². The molecule has 160 valence electrons. The van der Waals surface area contributed by atoms with E-state index in [1.54, 1.807) is 4.90 Å². The van der Waals surface area contributed by atoms with Gasteiger partial charge in [-0.25, -0.2) is 4.98 Å². The predicted octanol–water partition coefficient (Wildman–Crippen LogP) is 2.66. The van der Waals surface area contributed by atoms with Crippen molar-refractivity contribution in [1.29, 1.82) is 0 Å². The number of ether oxygens (including phenoxy) is 1. The Balaban J connectivity index is 1.39. The van der Waals surface area contributed by atoms with Gasteiger partial charge in [-0.15, -0.1) is 0 Å². The molecule has 2 aromatic heterocycles. The fourth-order valence-electron chi connectivity index (χ4n) is 4.30. The lowest BCUT2D eigenvalue weighted by Crippen LogP contribution is -2.52. The van der Waals surface area contributed by atoms with E-state index >= 15 is 0 Å². The molecule has 8 nitrogen and oxygen atoms in total. The van der Waals surface area contributed by atoms with Crippen LogP contribution in [0.3, 0.4) is 0 Å². The summed E-state index contributed by atoms with van der Waals surface area (Å²) in [7, 11) is 0. The van der Waals surface area contributed by atoms with Gasteiger partial charge in [0.25, 0.3) is 17.5 Å². The smallest absolute Gasteiger partial charge is 0.259 e. The lowest BCUT2D eigenvalue weighted by Gasteiger charge is -2.35. The van der Waals surface area contributed by atoms with Crippen LogP contribution in [0.4, 0.5) is 0 Å². The molecule has 0 radical (unpaired) electrons. The summed E-state index contributed by atoms with van der Waals surface area (Å²) in [6.45, 7) is 4.43. The van der Waals surface area contributed by atoms with Crippen LogP contribution in [0.2, 0.25) is 0 Å². The Kier molecular flexibility index (Phi) is 5.15. The summed E-state index contributed by atoms with van der Waals surface area (Å²) in [5, 5.41) is 4.66. The number of carbonyl (C=O) groups excluding carboxylic acids is 2. The van der Waals surface area contributed by atoms with Crippen molar-refractivity contribution in [3.05, 3.63) is 47.7 Å². The van der Waals surface area contributed by atoms with Crippen LogP contribution < -0.4 is 0 Å². The fraction of sp³-hybridized carbons (Fsp3) is 0.391. The maximum atomic E-state index is 13.5. The molecular weight excluding hydrogens is 396 g/mol. The highest BCUT2D eigenvalue weighted by Crippen LogP contribution is 2.28. The predicted molar refractivity (Wildman–Crippen MR) is 113 cm³/mol. The summed E-state index contributed by atoms with van der Waals surface area (Å²) in [6.07, 6.45) is 1.38. The third-order valence-corrected chi connectivity index (χ3v) is 6.00. The topological polar surface area (TPSA) is 88.8 Å². The number of fused-ring (bicyclic) bond motifs is 1. The zero-order valence-electron chi connectivity index (χ0n) is 17.4. The third kappa shape index (κ3) is 3.67. The van der Waals surface area contributed by atoms with Crippen molar-refractivity contribution < 1.29 is 18.8 Å². The zero-order chi connectivity index (χ0) is 21.4. The van der Waals surface area contributed by atoms with E-state index in [1.807, 2.05) is 48.2 Å². The molecule has 2 aliphatic rings. The number of carbonyl (C=O) groups is 2. The minimum atomic E-state index is -0.324. The first-order valence-corrected chi connectivity index (χ1v) is 10.6. The van der Waals surface area contributed by atoms with E-state index in [2.05, 4.69) is 10.1 Å². The van der Waals surface area contributed by atoms with E-state index in [4.69, 9.17) is 9.26 Å². The van der Waals surface area contributed by atoms with Crippen molar-refractivity contribution in [2.75, 3.05) is 32.8 Å². The molecule has 2 aliphatic heterocycles. The molecule has 0 N–H and O–H groups in total. The number of amides is 2. The molecule has 2 fully saturated rings. The molecule has 8 heteroatoms. The summed E-state index contributed by atoms with van der Waals surface area (Å²) in [5.74, 6) is -0.0581. The van der Waals surface area contributed by atoms with Gasteiger partial charge in [-0.2, -0.15) is 0 Å². The van der Waals surface area contributed by atoms with E-state index in [-0.39, 0.29) is 17.9 Å². The summed E-state index contributed by atoms with van der Waals surface area (Å²) in [4.78, 5) is 34.2. The fourth-order valence-corrected chi connectivity index (χ4v) is 4.30. The molecule has 3 aromatic rings. The van der Waals surface area contributed by atoms with Crippen molar-refractivity contribution in [2.24, 2.45) is 0 Å². The normalized spacial score (nSPS) is 19.2. The van der Waals surface area contributed by atoms with Gasteiger partial charge in [-0.1, -0.05) is 35.5 Å². The van der Waals surface area contributed by atoms with Crippen LogP contribution in [0.1, 0.15) is 28.9 Å². The van der Waals surface area contributed by atoms with E-state index < -0.39 is 0 Å². The Hall–Kier alpha value is -3.26. The molecule has 0 aliphatic carbocycles. The van der Waals surface area contributed by atoms with Gasteiger partial charge in [0, 0.05) is 38.3 Å². The summed E-state index contributed by atoms with van der Waals surface area (Å²) in [5.41, 5.74) is 3.09. The van der Waals surface area contributed by atoms with Crippen LogP contribution in [-0.2, 0) is 9.53 Å². The van der Waals surface area contributed by atoms with Crippen LogP contribution >= 0.6 is 0 Å². The maximum absolute atomic E-state index is 13.5. The van der Waals surface area contributed by atoms with Gasteiger partial charge in [0.1, 0.15) is 6.10 Å². The molecule has 1 atom stereocenters. The van der Waals surface area contributed by atoms with Crippen molar-refractivity contribution in [3.63, 3.8) is 0 Å². The second kappa shape index (κ2) is 8.11. The van der Waals surface area contributed by atoms with Crippen molar-refractivity contribution in [1.82, 2.24) is 19.9 Å². The van der Waals surface area contributed by atoms with E-state index in [9.17, 15) is 9.59 Å². The first kappa shape index (κ1) is 19.7. The first-order chi connectivity index (χ1) is 15.1. The van der Waals surface area contributed by atoms with Gasteiger partial charge >= 0.3 is 0 Å². The second-order valence-corrected chi connectivity index (χ2v) is 7.99. The average Bonchev–Trinajstić information content (AvgIpc) is 3.49. The number of rotatable bonds is 3. The van der Waals surface area contributed by atoms with E-state index in [0.717, 1.165) is 18.4 Å². The molecule has 0 saturated carbocycles. The molecule has 2 amide bonds. The number of aryl methyl sites for hydroxylation is 1. The first-order valence-electron chi connectivity index (χ1n) is 10.6. The molecule has 0 spiro atoms. The van der Waals surface area contributed by atoms with Crippen molar-refractivity contribution in [2.45, 2.75) is 25.9 Å². The van der Waals surface area contributed by atoms with Gasteiger partial charge in [0.05, 0.1) is 22.3 Å². The minimum absolute atomic E-state index is 0.0390. The molecule has 31 heavy (non-hydrogen) atoms. The maximum Gasteiger partial charge on any atom is 0.259 e. The SMILES string of the molecule is Cc1noc2nc(-c3ccccc3)cc(C(=O)N3CCN(C(=O)C4CCCO4)CC3)c12. The summed E-state index contributed by atoms with van der Waals surface area (Å²) >= 11 is 0. The van der Waals surface area contributed by atoms with Crippen LogP contribution in [0, 0.1) is 6.92 Å². The van der Waals surface area contributed by atoms with Crippen LogP contribution in [0.5, 0.6) is 0 Å². The highest BCUT2D eigenvalue weighted by molar-refractivity contribution is 6.07. The summed E-state index contributed by atoms with van der Waals surface area (Å²) in [6, 6.07) is 11.5. The molecule has 2 saturated heterocycles. The number of nitrogens with zero attached hydrogens (tertiary/aromatic N) is 4. The molecule has 5 rings (SSSR count). The number of pyridine rings is 1. The van der Waals surface area contributed by atoms with E-state index in [1.165, 1.54) is 0 Å². The largest absolute Gasteiger partial charge is 0.368 e. The molecule has 1 aromatic carbocycles.